The van der Waals surface area contributed by atoms with Crippen LogP contribution in [0.25, 0.3) is 10.9 Å². The average molecular weight is 377 g/mol. The number of pyridine rings is 1. The molecule has 0 radical (unpaired) electrons. The summed E-state index contributed by atoms with van der Waals surface area (Å²) in [4.78, 5) is 41.0. The van der Waals surface area contributed by atoms with Gasteiger partial charge in [-0.1, -0.05) is 19.1 Å². The Morgan fingerprint density at radius 2 is 2.07 bits per heavy atom. The van der Waals surface area contributed by atoms with Crippen molar-refractivity contribution in [3.8, 4) is 0 Å². The van der Waals surface area contributed by atoms with Crippen molar-refractivity contribution in [2.45, 2.75) is 26.3 Å². The molecule has 1 amide bonds. The molecule has 6 nitrogen and oxygen atoms in total. The monoisotopic (exact) mass is 377 g/mol. The van der Waals surface area contributed by atoms with Gasteiger partial charge in [-0.05, 0) is 42.0 Å². The normalized spacial score (nSPS) is 18.2. The number of rotatable bonds is 6. The molecule has 2 heterocycles. The number of hydrogen-bond donors (Lipinski definition) is 2. The Morgan fingerprint density at radius 1 is 1.29 bits per heavy atom. The summed E-state index contributed by atoms with van der Waals surface area (Å²) < 4.78 is 1.47. The van der Waals surface area contributed by atoms with Gasteiger partial charge in [0, 0.05) is 42.3 Å². The maximum atomic E-state index is 12.9. The Morgan fingerprint density at radius 3 is 2.79 bits per heavy atom. The number of fused-ring (bicyclic) bond motifs is 1. The summed E-state index contributed by atoms with van der Waals surface area (Å²) in [5.74, 6) is 0.477. The molecule has 2 N–H and O–H groups in total. The number of nitrogens with zero attached hydrogens (tertiary/aromatic N) is 1. The van der Waals surface area contributed by atoms with E-state index in [2.05, 4.69) is 17.2 Å². The SMILES string of the molecule is CNC(=O)c1cc(C(=O)C[C@H]2C[C@@H]2C)cn(Cc2cccc3[nH]ccc23)c1=O. The Labute approximate surface area is 162 Å². The first-order valence-electron chi connectivity index (χ1n) is 9.52. The molecule has 2 atom stereocenters. The molecule has 0 unspecified atom stereocenters. The van der Waals surface area contributed by atoms with Crippen LogP contribution in [0.1, 0.15) is 46.0 Å². The van der Waals surface area contributed by atoms with E-state index in [-0.39, 0.29) is 11.3 Å². The van der Waals surface area contributed by atoms with E-state index in [9.17, 15) is 14.4 Å². The van der Waals surface area contributed by atoms with Crippen LogP contribution in [-0.4, -0.2) is 28.3 Å². The van der Waals surface area contributed by atoms with E-state index in [1.807, 2.05) is 30.5 Å². The first kappa shape index (κ1) is 18.2. The second-order valence-electron chi connectivity index (χ2n) is 7.61. The molecule has 1 fully saturated rings. The number of nitrogens with one attached hydrogen (secondary N) is 2. The van der Waals surface area contributed by atoms with Gasteiger partial charge in [-0.15, -0.1) is 0 Å². The van der Waals surface area contributed by atoms with Crippen LogP contribution in [0.2, 0.25) is 0 Å². The van der Waals surface area contributed by atoms with Crippen molar-refractivity contribution < 1.29 is 9.59 Å². The number of amides is 1. The third kappa shape index (κ3) is 3.38. The third-order valence-corrected chi connectivity index (χ3v) is 5.63. The van der Waals surface area contributed by atoms with E-state index in [1.54, 1.807) is 6.20 Å². The average Bonchev–Trinajstić information content (AvgIpc) is 3.17. The van der Waals surface area contributed by atoms with Crippen LogP contribution >= 0.6 is 0 Å². The van der Waals surface area contributed by atoms with Gasteiger partial charge in [0.25, 0.3) is 11.5 Å². The van der Waals surface area contributed by atoms with Gasteiger partial charge in [-0.2, -0.15) is 0 Å². The van der Waals surface area contributed by atoms with Crippen molar-refractivity contribution in [1.82, 2.24) is 14.9 Å². The van der Waals surface area contributed by atoms with Gasteiger partial charge in [0.1, 0.15) is 5.56 Å². The number of aromatic amines is 1. The molecule has 6 heteroatoms. The first-order chi connectivity index (χ1) is 13.5. The summed E-state index contributed by atoms with van der Waals surface area (Å²) in [5.41, 5.74) is 1.94. The molecule has 2 aromatic heterocycles. The zero-order chi connectivity index (χ0) is 19.8. The van der Waals surface area contributed by atoms with Crippen molar-refractivity contribution in [2.75, 3.05) is 7.05 Å². The van der Waals surface area contributed by atoms with Gasteiger partial charge in [0.2, 0.25) is 0 Å². The Balaban J connectivity index is 1.75. The minimum absolute atomic E-state index is 0.00145. The highest BCUT2D eigenvalue weighted by Gasteiger charge is 2.34. The van der Waals surface area contributed by atoms with Gasteiger partial charge >= 0.3 is 0 Å². The minimum atomic E-state index is -0.479. The molecule has 144 valence electrons. The minimum Gasteiger partial charge on any atom is -0.361 e. The predicted molar refractivity (Wildman–Crippen MR) is 108 cm³/mol. The second-order valence-corrected chi connectivity index (χ2v) is 7.61. The lowest BCUT2D eigenvalue weighted by Gasteiger charge is -2.12. The standard InChI is InChI=1S/C22H23N3O3/c1-13-8-15(13)10-20(26)16-9-18(21(27)23-2)22(28)25(12-16)11-14-4-3-5-19-17(14)6-7-24-19/h3-7,9,12-13,15,24H,8,10-11H2,1-2H3,(H,23,27)/t13-,15+/m0/s1. The Kier molecular flexibility index (Phi) is 4.63. The molecule has 0 bridgehead atoms. The first-order valence-corrected chi connectivity index (χ1v) is 9.52. The van der Waals surface area contributed by atoms with Crippen LogP contribution in [0, 0.1) is 11.8 Å². The van der Waals surface area contributed by atoms with Crippen LogP contribution in [0.15, 0.2) is 47.5 Å². The molecule has 1 aliphatic carbocycles. The molecule has 3 aromatic rings. The fraction of sp³-hybridized carbons (Fsp3) is 0.318. The molecule has 4 rings (SSSR count). The van der Waals surface area contributed by atoms with Gasteiger partial charge in [0.15, 0.2) is 5.78 Å². The molecular formula is C22H23N3O3. The number of carbonyl (C=O) groups excluding carboxylic acids is 2. The summed E-state index contributed by atoms with van der Waals surface area (Å²) >= 11 is 0. The molecule has 1 aliphatic rings. The van der Waals surface area contributed by atoms with Crippen LogP contribution in [-0.2, 0) is 6.54 Å². The maximum absolute atomic E-state index is 12.9. The van der Waals surface area contributed by atoms with Gasteiger partial charge in [0.05, 0.1) is 6.54 Å². The summed E-state index contributed by atoms with van der Waals surface area (Å²) in [6.07, 6.45) is 4.96. The predicted octanol–water partition coefficient (Wildman–Crippen LogP) is 2.97. The quantitative estimate of drug-likeness (QED) is 0.648. The number of carbonyl (C=O) groups is 2. The van der Waals surface area contributed by atoms with Crippen LogP contribution < -0.4 is 10.9 Å². The molecule has 1 saturated carbocycles. The number of aromatic nitrogens is 2. The lowest BCUT2D eigenvalue weighted by atomic mass is 10.0. The largest absolute Gasteiger partial charge is 0.361 e. The second kappa shape index (κ2) is 7.11. The Bertz CT molecular complexity index is 1130. The van der Waals surface area contributed by atoms with E-state index in [0.717, 1.165) is 22.9 Å². The van der Waals surface area contributed by atoms with Crippen molar-refractivity contribution in [1.29, 1.82) is 0 Å². The topological polar surface area (TPSA) is 84.0 Å². The Hall–Kier alpha value is -3.15. The highest BCUT2D eigenvalue weighted by Crippen LogP contribution is 2.41. The van der Waals surface area contributed by atoms with Gasteiger partial charge in [-0.25, -0.2) is 0 Å². The lowest BCUT2D eigenvalue weighted by Crippen LogP contribution is -2.32. The lowest BCUT2D eigenvalue weighted by molar-refractivity contribution is 0.0961. The molecule has 0 saturated heterocycles. The summed E-state index contributed by atoms with van der Waals surface area (Å²) in [6, 6.07) is 9.22. The van der Waals surface area contributed by atoms with E-state index in [4.69, 9.17) is 0 Å². The van der Waals surface area contributed by atoms with Crippen LogP contribution in [0.3, 0.4) is 0 Å². The number of Topliss-reactive ketones (excluding diaryl/α,β-unsaturated/α-hetero) is 1. The fourth-order valence-electron chi connectivity index (χ4n) is 3.71. The van der Waals surface area contributed by atoms with E-state index in [1.165, 1.54) is 17.7 Å². The van der Waals surface area contributed by atoms with E-state index >= 15 is 0 Å². The van der Waals surface area contributed by atoms with Gasteiger partial charge < -0.3 is 14.9 Å². The molecule has 28 heavy (non-hydrogen) atoms. The number of ketones is 1. The van der Waals surface area contributed by atoms with Gasteiger partial charge in [-0.3, -0.25) is 14.4 Å². The fourth-order valence-corrected chi connectivity index (χ4v) is 3.71. The van der Waals surface area contributed by atoms with Crippen molar-refractivity contribution in [3.63, 3.8) is 0 Å². The summed E-state index contributed by atoms with van der Waals surface area (Å²) in [5, 5.41) is 3.51. The molecule has 0 aliphatic heterocycles. The van der Waals surface area contributed by atoms with Crippen molar-refractivity contribution in [3.05, 3.63) is 69.8 Å². The number of benzene rings is 1. The number of H-pyrrole nitrogens is 1. The number of hydrogen-bond acceptors (Lipinski definition) is 3. The smallest absolute Gasteiger partial charge is 0.263 e. The third-order valence-electron chi connectivity index (χ3n) is 5.63. The van der Waals surface area contributed by atoms with Crippen molar-refractivity contribution in [2.24, 2.45) is 11.8 Å². The van der Waals surface area contributed by atoms with Crippen molar-refractivity contribution >= 4 is 22.6 Å². The zero-order valence-corrected chi connectivity index (χ0v) is 16.0. The molecule has 1 aromatic carbocycles. The highest BCUT2D eigenvalue weighted by atomic mass is 16.2. The maximum Gasteiger partial charge on any atom is 0.263 e. The summed E-state index contributed by atoms with van der Waals surface area (Å²) in [6.45, 7) is 2.42. The van der Waals surface area contributed by atoms with Crippen LogP contribution in [0.4, 0.5) is 0 Å². The van der Waals surface area contributed by atoms with E-state index < -0.39 is 11.5 Å². The highest BCUT2D eigenvalue weighted by molar-refractivity contribution is 6.00. The van der Waals surface area contributed by atoms with E-state index in [0.29, 0.717) is 30.4 Å². The molecular weight excluding hydrogens is 354 g/mol. The summed E-state index contributed by atoms with van der Waals surface area (Å²) in [7, 11) is 1.48. The van der Waals surface area contributed by atoms with Crippen LogP contribution in [0.5, 0.6) is 0 Å². The molecule has 0 spiro atoms. The zero-order valence-electron chi connectivity index (χ0n) is 16.0.